The van der Waals surface area contributed by atoms with Gasteiger partial charge in [-0.2, -0.15) is 0 Å². The van der Waals surface area contributed by atoms with E-state index >= 15 is 0 Å². The van der Waals surface area contributed by atoms with E-state index in [-0.39, 0.29) is 43.3 Å². The van der Waals surface area contributed by atoms with Crippen molar-refractivity contribution < 1.29 is 14.2 Å². The fraction of sp³-hybridized carbons (Fsp3) is 0.455. The molecule has 2 saturated heterocycles. The zero-order chi connectivity index (χ0) is 18.8. The number of benzene rings is 2. The molecule has 29 heavy (non-hydrogen) atoms. The second-order valence-electron chi connectivity index (χ2n) is 7.74. The van der Waals surface area contributed by atoms with Crippen molar-refractivity contribution in [2.45, 2.75) is 12.6 Å². The fourth-order valence-corrected chi connectivity index (χ4v) is 4.84. The zero-order valence-electron chi connectivity index (χ0n) is 16.5. The minimum atomic E-state index is -0.158. The van der Waals surface area contributed by atoms with Gasteiger partial charge in [0, 0.05) is 37.8 Å². The third kappa shape index (κ3) is 5.22. The Bertz CT molecular complexity index is 795. The summed E-state index contributed by atoms with van der Waals surface area (Å²) in [6.45, 7) is 4.28. The zero-order valence-corrected chi connectivity index (χ0v) is 18.2. The number of likely N-dealkylation sites (tertiary alicyclic amines) is 2. The highest BCUT2D eigenvalue weighted by molar-refractivity contribution is 5.85. The second-order valence-corrected chi connectivity index (χ2v) is 7.74. The number of para-hydroxylation sites is 1. The largest absolute Gasteiger partial charge is 0.491 e. The molecule has 2 heterocycles. The van der Waals surface area contributed by atoms with Crippen molar-refractivity contribution >= 4 is 24.8 Å². The maximum Gasteiger partial charge on any atom is 0.123 e. The molecule has 4 rings (SSSR count). The fourth-order valence-electron chi connectivity index (χ4n) is 4.84. The molecule has 3 atom stereocenters. The molecule has 2 aliphatic rings. The molecule has 2 aliphatic heterocycles. The molecule has 0 spiro atoms. The minimum Gasteiger partial charge on any atom is -0.491 e. The van der Waals surface area contributed by atoms with Crippen LogP contribution >= 0.6 is 24.8 Å². The van der Waals surface area contributed by atoms with Gasteiger partial charge in [-0.25, -0.2) is 4.39 Å². The number of halogens is 3. The number of nitrogens with zero attached hydrogens (tertiary/aromatic N) is 2. The first-order valence-corrected chi connectivity index (χ1v) is 9.65. The quantitative estimate of drug-likeness (QED) is 0.738. The van der Waals surface area contributed by atoms with Gasteiger partial charge in [-0.15, -0.1) is 24.8 Å². The number of rotatable bonds is 6. The number of aliphatic hydroxyl groups is 1. The summed E-state index contributed by atoms with van der Waals surface area (Å²) in [5.41, 5.74) is 2.24. The normalized spacial score (nSPS) is 23.9. The summed E-state index contributed by atoms with van der Waals surface area (Å²) in [7, 11) is 2.15. The number of ether oxygens (including phenoxy) is 1. The van der Waals surface area contributed by atoms with Gasteiger partial charge in [0.25, 0.3) is 0 Å². The van der Waals surface area contributed by atoms with Crippen LogP contribution in [0.15, 0.2) is 48.5 Å². The van der Waals surface area contributed by atoms with Crippen molar-refractivity contribution in [2.75, 3.05) is 39.9 Å². The Morgan fingerprint density at radius 1 is 1.07 bits per heavy atom. The van der Waals surface area contributed by atoms with Crippen molar-refractivity contribution in [3.63, 3.8) is 0 Å². The molecule has 2 fully saturated rings. The minimum absolute atomic E-state index is 0. The molecule has 2 aromatic rings. The lowest BCUT2D eigenvalue weighted by atomic mass is 9.89. The van der Waals surface area contributed by atoms with Crippen molar-refractivity contribution in [3.05, 3.63) is 65.5 Å². The van der Waals surface area contributed by atoms with Crippen LogP contribution in [-0.4, -0.2) is 54.8 Å². The maximum absolute atomic E-state index is 13.7. The monoisotopic (exact) mass is 442 g/mol. The predicted octanol–water partition coefficient (Wildman–Crippen LogP) is 3.78. The first-order valence-electron chi connectivity index (χ1n) is 9.65. The van der Waals surface area contributed by atoms with Gasteiger partial charge in [-0.05, 0) is 42.6 Å². The van der Waals surface area contributed by atoms with E-state index in [0.29, 0.717) is 18.4 Å². The lowest BCUT2D eigenvalue weighted by molar-refractivity contribution is 0.195. The van der Waals surface area contributed by atoms with E-state index in [4.69, 9.17) is 9.84 Å². The van der Waals surface area contributed by atoms with E-state index in [1.807, 2.05) is 30.3 Å². The van der Waals surface area contributed by atoms with Crippen molar-refractivity contribution in [1.82, 2.24) is 9.80 Å². The third-order valence-electron chi connectivity index (χ3n) is 5.88. The molecule has 0 unspecified atom stereocenters. The molecule has 2 aromatic carbocycles. The van der Waals surface area contributed by atoms with Crippen LogP contribution in [0.4, 0.5) is 4.39 Å². The molecule has 7 heteroatoms. The standard InChI is InChI=1S/C22H27FN2O2.2ClH/c1-24-12-18-14-25(13-17-5-2-3-8-21(17)27-10-9-26)15-20(18)22(24)16-6-4-7-19(23)11-16;;/h2-8,11,18,20,22,26H,9-10,12-15H2,1H3;2*1H/t18-,20+,22-;;/m0../s1. The van der Waals surface area contributed by atoms with Crippen LogP contribution in [0, 0.1) is 17.7 Å². The Balaban J connectivity index is 0.00000150. The Labute approximate surface area is 184 Å². The molecule has 0 amide bonds. The molecule has 4 nitrogen and oxygen atoms in total. The summed E-state index contributed by atoms with van der Waals surface area (Å²) in [5, 5.41) is 9.03. The van der Waals surface area contributed by atoms with Crippen LogP contribution in [0.25, 0.3) is 0 Å². The van der Waals surface area contributed by atoms with E-state index in [1.165, 1.54) is 6.07 Å². The first-order chi connectivity index (χ1) is 13.2. The number of fused-ring (bicyclic) bond motifs is 1. The lowest BCUT2D eigenvalue weighted by Crippen LogP contribution is -2.29. The van der Waals surface area contributed by atoms with Crippen molar-refractivity contribution in [1.29, 1.82) is 0 Å². The SMILES string of the molecule is CN1C[C@H]2CN(Cc3ccccc3OCCO)C[C@H]2[C@@H]1c1cccc(F)c1.Cl.Cl. The molecule has 0 bridgehead atoms. The molecule has 0 radical (unpaired) electrons. The summed E-state index contributed by atoms with van der Waals surface area (Å²) in [4.78, 5) is 4.86. The van der Waals surface area contributed by atoms with Crippen molar-refractivity contribution in [3.8, 4) is 5.75 Å². The van der Waals surface area contributed by atoms with Crippen LogP contribution < -0.4 is 4.74 Å². The van der Waals surface area contributed by atoms with E-state index in [2.05, 4.69) is 22.9 Å². The Kier molecular flexibility index (Phi) is 8.73. The number of hydrogen-bond acceptors (Lipinski definition) is 4. The van der Waals surface area contributed by atoms with E-state index < -0.39 is 0 Å². The van der Waals surface area contributed by atoms with Gasteiger partial charge in [0.1, 0.15) is 18.2 Å². The summed E-state index contributed by atoms with van der Waals surface area (Å²) in [6, 6.07) is 15.4. The smallest absolute Gasteiger partial charge is 0.123 e. The summed E-state index contributed by atoms with van der Waals surface area (Å²) in [5.74, 6) is 1.81. The van der Waals surface area contributed by atoms with Gasteiger partial charge in [-0.1, -0.05) is 30.3 Å². The van der Waals surface area contributed by atoms with Crippen LogP contribution in [0.5, 0.6) is 5.75 Å². The predicted molar refractivity (Wildman–Crippen MR) is 118 cm³/mol. The molecule has 0 aromatic heterocycles. The highest BCUT2D eigenvalue weighted by atomic mass is 35.5. The number of aliphatic hydroxyl groups excluding tert-OH is 1. The molecule has 160 valence electrons. The van der Waals surface area contributed by atoms with Crippen LogP contribution in [0.3, 0.4) is 0 Å². The molecule has 0 aliphatic carbocycles. The summed E-state index contributed by atoms with van der Waals surface area (Å²) < 4.78 is 19.4. The van der Waals surface area contributed by atoms with Gasteiger partial charge in [-0.3, -0.25) is 9.80 Å². The van der Waals surface area contributed by atoms with Crippen molar-refractivity contribution in [2.24, 2.45) is 11.8 Å². The van der Waals surface area contributed by atoms with E-state index in [1.54, 1.807) is 6.07 Å². The van der Waals surface area contributed by atoms with Crippen LogP contribution in [0.1, 0.15) is 17.2 Å². The Hall–Kier alpha value is -1.37. The maximum atomic E-state index is 13.7. The first kappa shape index (κ1) is 23.9. The molecular weight excluding hydrogens is 414 g/mol. The average molecular weight is 443 g/mol. The van der Waals surface area contributed by atoms with Crippen LogP contribution in [0.2, 0.25) is 0 Å². The third-order valence-corrected chi connectivity index (χ3v) is 5.88. The Morgan fingerprint density at radius 3 is 2.62 bits per heavy atom. The number of hydrogen-bond donors (Lipinski definition) is 1. The summed E-state index contributed by atoms with van der Waals surface area (Å²) >= 11 is 0. The summed E-state index contributed by atoms with van der Waals surface area (Å²) in [6.07, 6.45) is 0. The van der Waals surface area contributed by atoms with Gasteiger partial charge < -0.3 is 9.84 Å². The van der Waals surface area contributed by atoms with Gasteiger partial charge >= 0.3 is 0 Å². The van der Waals surface area contributed by atoms with E-state index in [0.717, 1.165) is 43.1 Å². The molecule has 1 N–H and O–H groups in total. The van der Waals surface area contributed by atoms with E-state index in [9.17, 15) is 4.39 Å². The average Bonchev–Trinajstić information content (AvgIpc) is 3.16. The highest BCUT2D eigenvalue weighted by Gasteiger charge is 2.46. The molecular formula is C22H29Cl2FN2O2. The van der Waals surface area contributed by atoms with Gasteiger partial charge in [0.15, 0.2) is 0 Å². The Morgan fingerprint density at radius 2 is 1.86 bits per heavy atom. The topological polar surface area (TPSA) is 35.9 Å². The van der Waals surface area contributed by atoms with Gasteiger partial charge in [0.2, 0.25) is 0 Å². The van der Waals surface area contributed by atoms with Crippen LogP contribution in [-0.2, 0) is 6.54 Å². The van der Waals surface area contributed by atoms with Gasteiger partial charge in [0.05, 0.1) is 6.61 Å². The highest BCUT2D eigenvalue weighted by Crippen LogP contribution is 2.44. The molecule has 0 saturated carbocycles. The second kappa shape index (κ2) is 10.6. The lowest BCUT2D eigenvalue weighted by Gasteiger charge is -2.27.